The second-order valence-electron chi connectivity index (χ2n) is 13.9. The molecule has 0 bridgehead atoms. The van der Waals surface area contributed by atoms with Gasteiger partial charge in [0.15, 0.2) is 0 Å². The zero-order valence-electron chi connectivity index (χ0n) is 22.3. The Bertz CT molecular complexity index is 530. The molecule has 2 fully saturated rings. The van der Waals surface area contributed by atoms with E-state index in [9.17, 15) is 0 Å². The minimum Gasteiger partial charge on any atom is -0.413 e. The zero-order chi connectivity index (χ0) is 22.6. The van der Waals surface area contributed by atoms with Crippen molar-refractivity contribution in [3.8, 4) is 0 Å². The van der Waals surface area contributed by atoms with Crippen LogP contribution in [0.3, 0.4) is 0 Å². The molecule has 3 heteroatoms. The third-order valence-electron chi connectivity index (χ3n) is 9.63. The number of hydrogen-bond acceptors (Lipinski definition) is 1. The van der Waals surface area contributed by atoms with E-state index in [4.69, 9.17) is 4.43 Å². The Hall–Kier alpha value is 0.394. The Balaban J connectivity index is 2.45. The van der Waals surface area contributed by atoms with Crippen molar-refractivity contribution in [3.63, 3.8) is 0 Å². The van der Waals surface area contributed by atoms with Gasteiger partial charge in [0.2, 0.25) is 8.32 Å². The Morgan fingerprint density at radius 1 is 0.793 bits per heavy atom. The highest BCUT2D eigenvalue weighted by Gasteiger charge is 2.78. The van der Waals surface area contributed by atoms with E-state index in [0.29, 0.717) is 37.8 Å². The van der Waals surface area contributed by atoms with Gasteiger partial charge in [-0.05, 0) is 50.5 Å². The van der Waals surface area contributed by atoms with Gasteiger partial charge >= 0.3 is 0 Å². The van der Waals surface area contributed by atoms with Gasteiger partial charge in [-0.3, -0.25) is 0 Å². The van der Waals surface area contributed by atoms with Crippen molar-refractivity contribution in [2.24, 2.45) is 5.92 Å². The molecule has 0 unspecified atom stereocenters. The number of rotatable bonds is 6. The van der Waals surface area contributed by atoms with Crippen LogP contribution in [0, 0.1) is 5.92 Å². The SMILES string of the molecule is CC(C)[Si](O[C@@H]1CCCC[C@H]1[C@@]1(C)C[Si]1(C(C)(C)C)C(C)(C)C)(C(C)C)C(C)C. The van der Waals surface area contributed by atoms with E-state index < -0.39 is 16.4 Å². The lowest BCUT2D eigenvalue weighted by Crippen LogP contribution is -2.53. The fourth-order valence-electron chi connectivity index (χ4n) is 8.96. The minimum absolute atomic E-state index is 0.463. The molecule has 172 valence electrons. The summed E-state index contributed by atoms with van der Waals surface area (Å²) < 4.78 is 7.52. The summed E-state index contributed by atoms with van der Waals surface area (Å²) in [6, 6.07) is 1.51. The summed E-state index contributed by atoms with van der Waals surface area (Å²) in [5.74, 6) is 0.782. The molecule has 0 aromatic carbocycles. The van der Waals surface area contributed by atoms with Crippen LogP contribution in [0.4, 0.5) is 0 Å². The van der Waals surface area contributed by atoms with Crippen LogP contribution in [0.1, 0.15) is 116 Å². The molecule has 1 aliphatic carbocycles. The standard InChI is InChI=1S/C26H54OSi2/c1-19(2)29(20(3)4,21(5)6)27-23-17-15-14-16-22(23)26(13)18-28(26,24(7,8)9)25(10,11)12/h19-23H,14-18H2,1-13H3/t22-,23-,26-/m1/s1. The first-order valence-electron chi connectivity index (χ1n) is 12.7. The van der Waals surface area contributed by atoms with Gasteiger partial charge in [0.1, 0.15) is 0 Å². The van der Waals surface area contributed by atoms with E-state index in [1.807, 2.05) is 0 Å². The Kier molecular flexibility index (Phi) is 7.14. The predicted octanol–water partition coefficient (Wildman–Crippen LogP) is 9.56. The molecule has 1 saturated carbocycles. The lowest BCUT2D eigenvalue weighted by Gasteiger charge is -2.51. The van der Waals surface area contributed by atoms with Crippen LogP contribution in [0.15, 0.2) is 0 Å². The summed E-state index contributed by atoms with van der Waals surface area (Å²) in [7, 11) is -3.29. The van der Waals surface area contributed by atoms with Crippen LogP contribution < -0.4 is 0 Å². The second-order valence-corrected chi connectivity index (χ2v) is 25.6. The van der Waals surface area contributed by atoms with Crippen LogP contribution in [0.25, 0.3) is 0 Å². The van der Waals surface area contributed by atoms with Crippen LogP contribution >= 0.6 is 0 Å². The zero-order valence-corrected chi connectivity index (χ0v) is 24.3. The summed E-state index contributed by atoms with van der Waals surface area (Å²) >= 11 is 0. The maximum absolute atomic E-state index is 7.52. The summed E-state index contributed by atoms with van der Waals surface area (Å²) in [4.78, 5) is 0. The molecule has 0 spiro atoms. The molecule has 0 amide bonds. The van der Waals surface area contributed by atoms with E-state index in [1.165, 1.54) is 31.7 Å². The minimum atomic E-state index is -1.83. The lowest BCUT2D eigenvalue weighted by atomic mass is 9.79. The fourth-order valence-corrected chi connectivity index (χ4v) is 24.1. The van der Waals surface area contributed by atoms with Crippen molar-refractivity contribution >= 4 is 16.4 Å². The van der Waals surface area contributed by atoms with Gasteiger partial charge in [0.25, 0.3) is 0 Å². The quantitative estimate of drug-likeness (QED) is 0.375. The number of hydrogen-bond donors (Lipinski definition) is 0. The van der Waals surface area contributed by atoms with Crippen molar-refractivity contribution in [3.05, 3.63) is 0 Å². The molecular weight excluding hydrogens is 384 g/mol. The Labute approximate surface area is 186 Å². The molecule has 1 heterocycles. The summed E-state index contributed by atoms with van der Waals surface area (Å²) in [6.45, 7) is 32.8. The first-order chi connectivity index (χ1) is 13.0. The molecule has 1 aliphatic heterocycles. The molecule has 29 heavy (non-hydrogen) atoms. The Morgan fingerprint density at radius 2 is 1.21 bits per heavy atom. The van der Waals surface area contributed by atoms with Gasteiger partial charge in [0, 0.05) is 6.10 Å². The van der Waals surface area contributed by atoms with Crippen molar-refractivity contribution in [2.45, 2.75) is 160 Å². The Morgan fingerprint density at radius 3 is 1.55 bits per heavy atom. The van der Waals surface area contributed by atoms with Gasteiger partial charge in [-0.25, -0.2) is 0 Å². The summed E-state index contributed by atoms with van der Waals surface area (Å²) in [5, 5.41) is 1.47. The smallest absolute Gasteiger partial charge is 0.200 e. The summed E-state index contributed by atoms with van der Waals surface area (Å²) in [6.07, 6.45) is 6.00. The van der Waals surface area contributed by atoms with Crippen LogP contribution in [0.2, 0.25) is 37.8 Å². The highest BCUT2D eigenvalue weighted by molar-refractivity contribution is 6.97. The third-order valence-corrected chi connectivity index (χ3v) is 24.2. The van der Waals surface area contributed by atoms with E-state index in [2.05, 4.69) is 90.0 Å². The molecule has 0 aromatic rings. The fraction of sp³-hybridized carbons (Fsp3) is 1.00. The molecular formula is C26H54OSi2. The molecule has 3 atom stereocenters. The maximum atomic E-state index is 7.52. The molecule has 2 rings (SSSR count). The van der Waals surface area contributed by atoms with Gasteiger partial charge in [-0.1, -0.05) is 109 Å². The van der Waals surface area contributed by atoms with Crippen LogP contribution in [-0.4, -0.2) is 22.5 Å². The van der Waals surface area contributed by atoms with Gasteiger partial charge < -0.3 is 4.43 Å². The first kappa shape index (κ1) is 25.7. The van der Waals surface area contributed by atoms with Crippen molar-refractivity contribution < 1.29 is 4.43 Å². The molecule has 0 radical (unpaired) electrons. The molecule has 1 saturated heterocycles. The molecule has 0 N–H and O–H groups in total. The highest BCUT2D eigenvalue weighted by atomic mass is 28.4. The van der Waals surface area contributed by atoms with Crippen molar-refractivity contribution in [1.29, 1.82) is 0 Å². The first-order valence-corrected chi connectivity index (χ1v) is 17.0. The lowest BCUT2D eigenvalue weighted by molar-refractivity contribution is 0.0615. The molecule has 0 aromatic heterocycles. The normalized spacial score (nSPS) is 31.0. The predicted molar refractivity (Wildman–Crippen MR) is 136 cm³/mol. The van der Waals surface area contributed by atoms with E-state index in [-0.39, 0.29) is 0 Å². The second kappa shape index (κ2) is 8.07. The average Bonchev–Trinajstić information content (AvgIpc) is 3.21. The third kappa shape index (κ3) is 3.88. The van der Waals surface area contributed by atoms with Crippen molar-refractivity contribution in [1.82, 2.24) is 0 Å². The van der Waals surface area contributed by atoms with Gasteiger partial charge in [0.05, 0.1) is 8.07 Å². The largest absolute Gasteiger partial charge is 0.413 e. The van der Waals surface area contributed by atoms with Gasteiger partial charge in [-0.15, -0.1) is 0 Å². The monoisotopic (exact) mass is 438 g/mol. The van der Waals surface area contributed by atoms with Crippen molar-refractivity contribution in [2.75, 3.05) is 0 Å². The summed E-state index contributed by atoms with van der Waals surface area (Å²) in [5.41, 5.74) is 2.05. The van der Waals surface area contributed by atoms with E-state index in [0.717, 1.165) is 5.92 Å². The van der Waals surface area contributed by atoms with Crippen LogP contribution in [0.5, 0.6) is 0 Å². The topological polar surface area (TPSA) is 9.23 Å². The maximum Gasteiger partial charge on any atom is 0.200 e. The molecule has 2 aliphatic rings. The van der Waals surface area contributed by atoms with E-state index >= 15 is 0 Å². The van der Waals surface area contributed by atoms with Crippen LogP contribution in [-0.2, 0) is 4.43 Å². The average molecular weight is 439 g/mol. The highest BCUT2D eigenvalue weighted by Crippen LogP contribution is 2.83. The molecule has 1 nitrogen and oxygen atoms in total. The van der Waals surface area contributed by atoms with Gasteiger partial charge in [-0.2, -0.15) is 0 Å². The van der Waals surface area contributed by atoms with E-state index in [1.54, 1.807) is 0 Å².